The number of aliphatic hydroxyl groups is 1. The van der Waals surface area contributed by atoms with Crippen molar-refractivity contribution in [3.8, 4) is 0 Å². The summed E-state index contributed by atoms with van der Waals surface area (Å²) in [6.07, 6.45) is 4.73. The van der Waals surface area contributed by atoms with Crippen LogP contribution in [0.15, 0.2) is 12.2 Å². The van der Waals surface area contributed by atoms with Crippen LogP contribution in [-0.4, -0.2) is 17.8 Å². The molecule has 0 saturated heterocycles. The molecule has 0 fully saturated rings. The highest BCUT2D eigenvalue weighted by Gasteiger charge is 1.88. The van der Waals surface area contributed by atoms with Gasteiger partial charge in [0.05, 0.1) is 6.61 Å². The first-order chi connectivity index (χ1) is 3.81. The molecule has 3 N–H and O–H groups in total. The third-order valence-electron chi connectivity index (χ3n) is 0.830. The molecule has 0 aliphatic heterocycles. The molecule has 0 rings (SSSR count). The lowest BCUT2D eigenvalue weighted by molar-refractivity contribution is 0.284. The highest BCUT2D eigenvalue weighted by molar-refractivity contribution is 4.89. The van der Waals surface area contributed by atoms with E-state index in [0.717, 1.165) is 6.42 Å². The van der Waals surface area contributed by atoms with Gasteiger partial charge in [-0.25, -0.2) is 0 Å². The van der Waals surface area contributed by atoms with Crippen LogP contribution in [0, 0.1) is 0 Å². The summed E-state index contributed by atoms with van der Waals surface area (Å²) in [6, 6.07) is -0.171. The molecule has 0 bridgehead atoms. The largest absolute Gasteiger partial charge is 0.394 e. The number of aliphatic hydroxyl groups excluding tert-OH is 1. The van der Waals surface area contributed by atoms with Crippen molar-refractivity contribution in [3.05, 3.63) is 12.2 Å². The molecule has 8 heavy (non-hydrogen) atoms. The van der Waals surface area contributed by atoms with E-state index in [0.29, 0.717) is 0 Å². The van der Waals surface area contributed by atoms with Crippen molar-refractivity contribution in [1.29, 1.82) is 0 Å². The van der Waals surface area contributed by atoms with Gasteiger partial charge >= 0.3 is 0 Å². The SMILES string of the molecule is CC/C=C/C(N)CO. The smallest absolute Gasteiger partial charge is 0.0618 e. The highest BCUT2D eigenvalue weighted by Crippen LogP contribution is 1.82. The normalized spacial score (nSPS) is 14.9. The van der Waals surface area contributed by atoms with Crippen LogP contribution in [0.5, 0.6) is 0 Å². The lowest BCUT2D eigenvalue weighted by atomic mass is 10.3. The summed E-state index contributed by atoms with van der Waals surface area (Å²) < 4.78 is 0. The summed E-state index contributed by atoms with van der Waals surface area (Å²) in [7, 11) is 0. The molecule has 0 saturated carbocycles. The van der Waals surface area contributed by atoms with Gasteiger partial charge in [-0.1, -0.05) is 19.1 Å². The second kappa shape index (κ2) is 4.81. The summed E-state index contributed by atoms with van der Waals surface area (Å²) in [5, 5.41) is 8.39. The van der Waals surface area contributed by atoms with E-state index in [9.17, 15) is 0 Å². The van der Waals surface area contributed by atoms with Crippen LogP contribution >= 0.6 is 0 Å². The van der Waals surface area contributed by atoms with E-state index in [4.69, 9.17) is 10.8 Å². The Kier molecular flexibility index (Phi) is 4.61. The Bertz CT molecular complexity index is 70.9. The zero-order chi connectivity index (χ0) is 6.41. The van der Waals surface area contributed by atoms with Crippen molar-refractivity contribution < 1.29 is 5.11 Å². The van der Waals surface area contributed by atoms with E-state index >= 15 is 0 Å². The summed E-state index contributed by atoms with van der Waals surface area (Å²) in [5.41, 5.74) is 5.32. The Morgan fingerprint density at radius 2 is 2.38 bits per heavy atom. The van der Waals surface area contributed by atoms with Crippen molar-refractivity contribution >= 4 is 0 Å². The number of nitrogens with two attached hydrogens (primary N) is 1. The minimum atomic E-state index is -0.171. The molecule has 0 aromatic rings. The Morgan fingerprint density at radius 1 is 1.75 bits per heavy atom. The molecule has 1 atom stereocenters. The van der Waals surface area contributed by atoms with Gasteiger partial charge in [-0.05, 0) is 6.42 Å². The fourth-order valence-corrected chi connectivity index (χ4v) is 0.372. The van der Waals surface area contributed by atoms with E-state index < -0.39 is 0 Å². The van der Waals surface area contributed by atoms with Crippen molar-refractivity contribution in [3.63, 3.8) is 0 Å². The van der Waals surface area contributed by atoms with Gasteiger partial charge < -0.3 is 10.8 Å². The predicted molar refractivity (Wildman–Crippen MR) is 34.5 cm³/mol. The third-order valence-corrected chi connectivity index (χ3v) is 0.830. The maximum absolute atomic E-state index is 8.39. The minimum absolute atomic E-state index is 0.0382. The first kappa shape index (κ1) is 7.66. The predicted octanol–water partition coefficient (Wildman–Crippen LogP) is 0.272. The molecular formula is C6H13NO. The summed E-state index contributed by atoms with van der Waals surface area (Å²) >= 11 is 0. The molecule has 0 amide bonds. The molecule has 0 aromatic carbocycles. The van der Waals surface area contributed by atoms with Crippen LogP contribution in [0.2, 0.25) is 0 Å². The molecule has 2 heteroatoms. The Morgan fingerprint density at radius 3 is 2.75 bits per heavy atom. The fraction of sp³-hybridized carbons (Fsp3) is 0.667. The van der Waals surface area contributed by atoms with E-state index in [1.165, 1.54) is 0 Å². The van der Waals surface area contributed by atoms with E-state index in [1.807, 2.05) is 13.0 Å². The van der Waals surface area contributed by atoms with Crippen LogP contribution in [0.4, 0.5) is 0 Å². The van der Waals surface area contributed by atoms with Crippen molar-refractivity contribution in [2.24, 2.45) is 5.73 Å². The highest BCUT2D eigenvalue weighted by atomic mass is 16.3. The number of hydrogen-bond donors (Lipinski definition) is 2. The molecule has 0 radical (unpaired) electrons. The number of rotatable bonds is 3. The van der Waals surface area contributed by atoms with Crippen LogP contribution in [0.1, 0.15) is 13.3 Å². The quantitative estimate of drug-likeness (QED) is 0.519. The topological polar surface area (TPSA) is 46.2 Å². The molecule has 0 spiro atoms. The molecule has 48 valence electrons. The second-order valence-corrected chi connectivity index (χ2v) is 1.68. The van der Waals surface area contributed by atoms with E-state index in [1.54, 1.807) is 6.08 Å². The zero-order valence-electron chi connectivity index (χ0n) is 5.17. The Balaban J connectivity index is 3.21. The van der Waals surface area contributed by atoms with Gasteiger partial charge in [-0.3, -0.25) is 0 Å². The van der Waals surface area contributed by atoms with Crippen LogP contribution < -0.4 is 5.73 Å². The average Bonchev–Trinajstić information content (AvgIpc) is 1.83. The number of allylic oxidation sites excluding steroid dienone is 1. The van der Waals surface area contributed by atoms with Gasteiger partial charge in [0.15, 0.2) is 0 Å². The molecule has 0 aromatic heterocycles. The summed E-state index contributed by atoms with van der Waals surface area (Å²) in [5.74, 6) is 0. The van der Waals surface area contributed by atoms with Crippen molar-refractivity contribution in [2.45, 2.75) is 19.4 Å². The van der Waals surface area contributed by atoms with Crippen LogP contribution in [0.3, 0.4) is 0 Å². The van der Waals surface area contributed by atoms with Gasteiger partial charge in [-0.15, -0.1) is 0 Å². The van der Waals surface area contributed by atoms with Crippen molar-refractivity contribution in [2.75, 3.05) is 6.61 Å². The van der Waals surface area contributed by atoms with Gasteiger partial charge in [0.25, 0.3) is 0 Å². The summed E-state index contributed by atoms with van der Waals surface area (Å²) in [4.78, 5) is 0. The fourth-order valence-electron chi connectivity index (χ4n) is 0.372. The average molecular weight is 115 g/mol. The van der Waals surface area contributed by atoms with Crippen LogP contribution in [0.25, 0.3) is 0 Å². The lowest BCUT2D eigenvalue weighted by Crippen LogP contribution is -2.20. The Hall–Kier alpha value is -0.340. The van der Waals surface area contributed by atoms with Crippen LogP contribution in [-0.2, 0) is 0 Å². The number of hydrogen-bond acceptors (Lipinski definition) is 2. The molecule has 0 aliphatic carbocycles. The molecule has 0 heterocycles. The maximum atomic E-state index is 8.39. The first-order valence-electron chi connectivity index (χ1n) is 2.84. The van der Waals surface area contributed by atoms with Crippen molar-refractivity contribution in [1.82, 2.24) is 0 Å². The Labute approximate surface area is 50.0 Å². The van der Waals surface area contributed by atoms with Gasteiger partial charge in [0, 0.05) is 6.04 Å². The van der Waals surface area contributed by atoms with E-state index in [2.05, 4.69) is 0 Å². The molecule has 0 aliphatic rings. The lowest BCUT2D eigenvalue weighted by Gasteiger charge is -1.96. The zero-order valence-corrected chi connectivity index (χ0v) is 5.17. The van der Waals surface area contributed by atoms with E-state index in [-0.39, 0.29) is 12.6 Å². The second-order valence-electron chi connectivity index (χ2n) is 1.68. The monoisotopic (exact) mass is 115 g/mol. The minimum Gasteiger partial charge on any atom is -0.394 e. The molecule has 2 nitrogen and oxygen atoms in total. The van der Waals surface area contributed by atoms with Gasteiger partial charge in [0.1, 0.15) is 0 Å². The standard InChI is InChI=1S/C6H13NO/c1-2-3-4-6(7)5-8/h3-4,6,8H,2,5,7H2,1H3/b4-3+. The summed E-state index contributed by atoms with van der Waals surface area (Å²) in [6.45, 7) is 2.07. The maximum Gasteiger partial charge on any atom is 0.0618 e. The molecule has 1 unspecified atom stereocenters. The first-order valence-corrected chi connectivity index (χ1v) is 2.84. The van der Waals surface area contributed by atoms with Gasteiger partial charge in [0.2, 0.25) is 0 Å². The van der Waals surface area contributed by atoms with Gasteiger partial charge in [-0.2, -0.15) is 0 Å². The molecular weight excluding hydrogens is 102 g/mol. The third kappa shape index (κ3) is 3.84.